The van der Waals surface area contributed by atoms with Crippen LogP contribution in [0, 0.1) is 12.0 Å². The summed E-state index contributed by atoms with van der Waals surface area (Å²) in [7, 11) is -3.61. The van der Waals surface area contributed by atoms with E-state index in [1.807, 2.05) is 30.3 Å². The summed E-state index contributed by atoms with van der Waals surface area (Å²) in [5, 5.41) is 12.3. The van der Waals surface area contributed by atoms with Crippen LogP contribution >= 0.6 is 11.6 Å². The topological polar surface area (TPSA) is 57.6 Å². The SMILES string of the molecule is CS(=O)(=O)N(C#Cc1ccc(Cl)cc1-c1ccc(O)c2ccccc12)c1ccccc1. The summed E-state index contributed by atoms with van der Waals surface area (Å²) in [5.41, 5.74) is 2.66. The maximum absolute atomic E-state index is 12.3. The van der Waals surface area contributed by atoms with E-state index in [0.29, 0.717) is 21.7 Å². The van der Waals surface area contributed by atoms with Gasteiger partial charge in [-0.25, -0.2) is 8.42 Å². The molecule has 0 aliphatic carbocycles. The third-order valence-electron chi connectivity index (χ3n) is 4.79. The third kappa shape index (κ3) is 4.36. The van der Waals surface area contributed by atoms with Gasteiger partial charge in [0, 0.05) is 22.0 Å². The molecule has 0 saturated carbocycles. The van der Waals surface area contributed by atoms with E-state index in [1.165, 1.54) is 0 Å². The number of aromatic hydroxyl groups is 1. The van der Waals surface area contributed by atoms with E-state index in [0.717, 1.165) is 27.1 Å². The highest BCUT2D eigenvalue weighted by molar-refractivity contribution is 7.92. The van der Waals surface area contributed by atoms with E-state index in [1.54, 1.807) is 54.6 Å². The molecule has 0 heterocycles. The molecule has 0 aliphatic heterocycles. The van der Waals surface area contributed by atoms with Gasteiger partial charge in [0.2, 0.25) is 10.0 Å². The Kier molecular flexibility index (Phi) is 5.60. The lowest BCUT2D eigenvalue weighted by Gasteiger charge is -2.15. The summed E-state index contributed by atoms with van der Waals surface area (Å²) in [5.74, 6) is 3.18. The largest absolute Gasteiger partial charge is 0.507 e. The van der Waals surface area contributed by atoms with E-state index in [9.17, 15) is 13.5 Å². The molecule has 4 aromatic carbocycles. The Balaban J connectivity index is 1.90. The van der Waals surface area contributed by atoms with Crippen molar-refractivity contribution in [3.05, 3.63) is 95.5 Å². The van der Waals surface area contributed by atoms with Crippen molar-refractivity contribution in [2.24, 2.45) is 0 Å². The summed E-state index contributed by atoms with van der Waals surface area (Å²) in [6.07, 6.45) is 1.12. The Bertz CT molecular complexity index is 1440. The van der Waals surface area contributed by atoms with Crippen LogP contribution in [0.3, 0.4) is 0 Å². The molecule has 0 unspecified atom stereocenters. The molecule has 0 aliphatic rings. The molecule has 4 aromatic rings. The summed E-state index contributed by atoms with van der Waals surface area (Å²) in [6.45, 7) is 0. The predicted octanol–water partition coefficient (Wildman–Crippen LogP) is 5.64. The molecule has 4 nitrogen and oxygen atoms in total. The number of phenolic OH excluding ortho intramolecular Hbond substituents is 1. The first-order valence-corrected chi connectivity index (χ1v) is 11.6. The van der Waals surface area contributed by atoms with Gasteiger partial charge in [0.25, 0.3) is 0 Å². The molecular formula is C25H18ClNO3S. The number of benzene rings is 4. The molecule has 0 saturated heterocycles. The average molecular weight is 448 g/mol. The Hall–Kier alpha value is -3.46. The van der Waals surface area contributed by atoms with Gasteiger partial charge in [-0.15, -0.1) is 0 Å². The second-order valence-corrected chi connectivity index (χ2v) is 9.24. The molecule has 0 atom stereocenters. The standard InChI is InChI=1S/C25H18ClNO3S/c1-31(29,30)27(20-7-3-2-4-8-20)16-15-18-11-12-19(26)17-24(18)22-13-14-25(28)23-10-6-5-9-21(22)23/h2-14,17,28H,1H3. The third-order valence-corrected chi connectivity index (χ3v) is 5.99. The normalized spacial score (nSPS) is 11.0. The minimum Gasteiger partial charge on any atom is -0.507 e. The van der Waals surface area contributed by atoms with Crippen LogP contribution in [0.15, 0.2) is 84.9 Å². The fourth-order valence-electron chi connectivity index (χ4n) is 3.38. The maximum atomic E-state index is 12.3. The molecule has 154 valence electrons. The lowest BCUT2D eigenvalue weighted by molar-refractivity contribution is 0.481. The first kappa shape index (κ1) is 20.8. The molecule has 1 N–H and O–H groups in total. The molecule has 0 fully saturated rings. The molecule has 6 heteroatoms. The molecular weight excluding hydrogens is 430 g/mol. The van der Waals surface area contributed by atoms with Gasteiger partial charge in [0.15, 0.2) is 0 Å². The van der Waals surface area contributed by atoms with Crippen molar-refractivity contribution >= 4 is 38.1 Å². The maximum Gasteiger partial charge on any atom is 0.243 e. The first-order chi connectivity index (χ1) is 14.8. The molecule has 31 heavy (non-hydrogen) atoms. The van der Waals surface area contributed by atoms with Gasteiger partial charge in [-0.2, -0.15) is 4.31 Å². The Morgan fingerprint density at radius 2 is 1.52 bits per heavy atom. The van der Waals surface area contributed by atoms with Crippen molar-refractivity contribution in [3.8, 4) is 28.8 Å². The van der Waals surface area contributed by atoms with E-state index in [2.05, 4.69) is 12.0 Å². The molecule has 0 radical (unpaired) electrons. The highest BCUT2D eigenvalue weighted by Crippen LogP contribution is 2.36. The molecule has 0 aromatic heterocycles. The predicted molar refractivity (Wildman–Crippen MR) is 127 cm³/mol. The summed E-state index contributed by atoms with van der Waals surface area (Å²) in [4.78, 5) is 0. The van der Waals surface area contributed by atoms with E-state index in [-0.39, 0.29) is 5.75 Å². The van der Waals surface area contributed by atoms with Gasteiger partial charge in [-0.05, 0) is 58.8 Å². The number of fused-ring (bicyclic) bond motifs is 1. The van der Waals surface area contributed by atoms with Gasteiger partial charge in [0.1, 0.15) is 5.75 Å². The Morgan fingerprint density at radius 1 is 0.839 bits per heavy atom. The average Bonchev–Trinajstić information content (AvgIpc) is 2.75. The quantitative estimate of drug-likeness (QED) is 0.326. The smallest absolute Gasteiger partial charge is 0.243 e. The van der Waals surface area contributed by atoms with Crippen molar-refractivity contribution in [1.29, 1.82) is 0 Å². The second kappa shape index (κ2) is 8.35. The van der Waals surface area contributed by atoms with Crippen LogP contribution in [-0.2, 0) is 10.0 Å². The fraction of sp³-hybridized carbons (Fsp3) is 0.0400. The highest BCUT2D eigenvalue weighted by Gasteiger charge is 2.15. The molecule has 4 rings (SSSR count). The zero-order valence-corrected chi connectivity index (χ0v) is 18.2. The van der Waals surface area contributed by atoms with Crippen molar-refractivity contribution < 1.29 is 13.5 Å². The van der Waals surface area contributed by atoms with Crippen LogP contribution in [0.25, 0.3) is 21.9 Å². The van der Waals surface area contributed by atoms with Gasteiger partial charge < -0.3 is 5.11 Å². The lowest BCUT2D eigenvalue weighted by Crippen LogP contribution is -2.24. The molecule has 0 spiro atoms. The number of sulfonamides is 1. The number of phenols is 1. The van der Waals surface area contributed by atoms with Crippen LogP contribution in [0.4, 0.5) is 5.69 Å². The zero-order valence-electron chi connectivity index (χ0n) is 16.6. The first-order valence-electron chi connectivity index (χ1n) is 9.42. The van der Waals surface area contributed by atoms with E-state index >= 15 is 0 Å². The van der Waals surface area contributed by atoms with E-state index in [4.69, 9.17) is 11.6 Å². The molecule has 0 bridgehead atoms. The number of nitrogens with zero attached hydrogens (tertiary/aromatic N) is 1. The number of para-hydroxylation sites is 1. The summed E-state index contributed by atoms with van der Waals surface area (Å²) < 4.78 is 25.8. The molecule has 0 amide bonds. The van der Waals surface area contributed by atoms with Crippen LogP contribution in [-0.4, -0.2) is 19.8 Å². The second-order valence-electron chi connectivity index (χ2n) is 6.97. The lowest BCUT2D eigenvalue weighted by atomic mass is 9.94. The van der Waals surface area contributed by atoms with Crippen molar-refractivity contribution in [1.82, 2.24) is 0 Å². The summed E-state index contributed by atoms with van der Waals surface area (Å²) >= 11 is 6.28. The minimum atomic E-state index is -3.61. The number of rotatable bonds is 3. The zero-order chi connectivity index (χ0) is 22.0. The van der Waals surface area contributed by atoms with Crippen molar-refractivity contribution in [3.63, 3.8) is 0 Å². The van der Waals surface area contributed by atoms with E-state index < -0.39 is 10.0 Å². The fourth-order valence-corrected chi connectivity index (χ4v) is 4.27. The number of hydrogen-bond acceptors (Lipinski definition) is 3. The van der Waals surface area contributed by atoms with Crippen LogP contribution in [0.2, 0.25) is 5.02 Å². The minimum absolute atomic E-state index is 0.182. The van der Waals surface area contributed by atoms with Crippen molar-refractivity contribution in [2.75, 3.05) is 10.6 Å². The van der Waals surface area contributed by atoms with Crippen molar-refractivity contribution in [2.45, 2.75) is 0 Å². The number of hydrogen-bond donors (Lipinski definition) is 1. The number of halogens is 1. The monoisotopic (exact) mass is 447 g/mol. The van der Waals surface area contributed by atoms with Gasteiger partial charge >= 0.3 is 0 Å². The van der Waals surface area contributed by atoms with Crippen LogP contribution in [0.1, 0.15) is 5.56 Å². The highest BCUT2D eigenvalue weighted by atomic mass is 35.5. The Labute approximate surface area is 186 Å². The summed E-state index contributed by atoms with van der Waals surface area (Å²) in [6, 6.07) is 27.7. The van der Waals surface area contributed by atoms with Crippen LogP contribution < -0.4 is 4.31 Å². The van der Waals surface area contributed by atoms with Crippen LogP contribution in [0.5, 0.6) is 5.75 Å². The van der Waals surface area contributed by atoms with Gasteiger partial charge in [-0.3, -0.25) is 0 Å². The number of anilines is 1. The Morgan fingerprint density at radius 3 is 2.23 bits per heavy atom. The van der Waals surface area contributed by atoms with Gasteiger partial charge in [0.05, 0.1) is 11.9 Å². The van der Waals surface area contributed by atoms with Gasteiger partial charge in [-0.1, -0.05) is 60.1 Å².